The highest BCUT2D eigenvalue weighted by molar-refractivity contribution is 5.12. The van der Waals surface area contributed by atoms with Gasteiger partial charge in [-0.1, -0.05) is 39.0 Å². The molecule has 1 saturated carbocycles. The summed E-state index contributed by atoms with van der Waals surface area (Å²) >= 11 is 0. The molecule has 0 aromatic rings. The SMILES string of the molecule is CCCN1CCCC(O)(C2(C#N)CCCCCCC2)CC1. The smallest absolute Gasteiger partial charge is 0.0860 e. The second kappa shape index (κ2) is 7.61. The summed E-state index contributed by atoms with van der Waals surface area (Å²) in [7, 11) is 0. The standard InChI is InChI=1S/C18H32N2O/c1-2-13-20-14-8-11-18(21,12-15-20)17(16-19)9-6-4-3-5-7-10-17/h21H,2-15H2,1H3. The van der Waals surface area contributed by atoms with E-state index in [0.29, 0.717) is 0 Å². The predicted octanol–water partition coefficient (Wildman–Crippen LogP) is 3.87. The van der Waals surface area contributed by atoms with E-state index in [0.717, 1.165) is 64.6 Å². The predicted molar refractivity (Wildman–Crippen MR) is 85.9 cm³/mol. The molecule has 3 nitrogen and oxygen atoms in total. The van der Waals surface area contributed by atoms with E-state index in [4.69, 9.17) is 0 Å². The van der Waals surface area contributed by atoms with Crippen molar-refractivity contribution >= 4 is 0 Å². The fraction of sp³-hybridized carbons (Fsp3) is 0.944. The van der Waals surface area contributed by atoms with Gasteiger partial charge in [-0.05, 0) is 51.6 Å². The Labute approximate surface area is 130 Å². The van der Waals surface area contributed by atoms with Crippen molar-refractivity contribution in [1.82, 2.24) is 4.90 Å². The molecule has 3 heteroatoms. The van der Waals surface area contributed by atoms with Crippen LogP contribution in [0.5, 0.6) is 0 Å². The molecule has 0 amide bonds. The Kier molecular flexibility index (Phi) is 6.08. The fourth-order valence-electron chi connectivity index (χ4n) is 4.38. The summed E-state index contributed by atoms with van der Waals surface area (Å²) in [5.74, 6) is 0. The summed E-state index contributed by atoms with van der Waals surface area (Å²) < 4.78 is 0. The Morgan fingerprint density at radius 3 is 2.24 bits per heavy atom. The minimum Gasteiger partial charge on any atom is -0.388 e. The van der Waals surface area contributed by atoms with Crippen molar-refractivity contribution in [2.75, 3.05) is 19.6 Å². The van der Waals surface area contributed by atoms with E-state index in [1.807, 2.05) is 0 Å². The minimum absolute atomic E-state index is 0.490. The summed E-state index contributed by atoms with van der Waals surface area (Å²) in [6.45, 7) is 5.36. The molecule has 0 aromatic carbocycles. The van der Waals surface area contributed by atoms with Gasteiger partial charge in [-0.2, -0.15) is 5.26 Å². The zero-order valence-corrected chi connectivity index (χ0v) is 13.7. The lowest BCUT2D eigenvalue weighted by Gasteiger charge is -2.43. The number of hydrogen-bond donors (Lipinski definition) is 1. The topological polar surface area (TPSA) is 47.3 Å². The summed E-state index contributed by atoms with van der Waals surface area (Å²) in [5, 5.41) is 21.3. The van der Waals surface area contributed by atoms with Gasteiger partial charge < -0.3 is 10.0 Å². The van der Waals surface area contributed by atoms with E-state index in [-0.39, 0.29) is 0 Å². The van der Waals surface area contributed by atoms with E-state index in [1.54, 1.807) is 0 Å². The van der Waals surface area contributed by atoms with Crippen LogP contribution in [0.4, 0.5) is 0 Å². The number of aliphatic hydroxyl groups is 1. The Bertz CT molecular complexity index is 355. The van der Waals surface area contributed by atoms with Gasteiger partial charge in [-0.3, -0.25) is 0 Å². The summed E-state index contributed by atoms with van der Waals surface area (Å²) in [5.41, 5.74) is -1.25. The largest absolute Gasteiger partial charge is 0.388 e. The average Bonchev–Trinajstić information content (AvgIpc) is 2.63. The lowest BCUT2D eigenvalue weighted by atomic mass is 9.63. The molecular weight excluding hydrogens is 260 g/mol. The van der Waals surface area contributed by atoms with Crippen molar-refractivity contribution in [1.29, 1.82) is 5.26 Å². The Morgan fingerprint density at radius 1 is 0.952 bits per heavy atom. The molecule has 2 aliphatic rings. The zero-order valence-electron chi connectivity index (χ0n) is 13.7. The third-order valence-electron chi connectivity index (χ3n) is 5.76. The highest BCUT2D eigenvalue weighted by atomic mass is 16.3. The highest BCUT2D eigenvalue weighted by Crippen LogP contribution is 2.47. The van der Waals surface area contributed by atoms with Crippen LogP contribution in [0.2, 0.25) is 0 Å². The van der Waals surface area contributed by atoms with Gasteiger partial charge in [0.2, 0.25) is 0 Å². The van der Waals surface area contributed by atoms with Crippen LogP contribution in [-0.2, 0) is 0 Å². The van der Waals surface area contributed by atoms with E-state index < -0.39 is 11.0 Å². The van der Waals surface area contributed by atoms with Crippen LogP contribution in [0.15, 0.2) is 0 Å². The van der Waals surface area contributed by atoms with Crippen molar-refractivity contribution in [3.8, 4) is 6.07 Å². The van der Waals surface area contributed by atoms with Crippen LogP contribution in [0.3, 0.4) is 0 Å². The van der Waals surface area contributed by atoms with Crippen molar-refractivity contribution in [3.63, 3.8) is 0 Å². The Morgan fingerprint density at radius 2 is 1.62 bits per heavy atom. The first-order valence-corrected chi connectivity index (χ1v) is 9.02. The van der Waals surface area contributed by atoms with Crippen molar-refractivity contribution in [2.24, 2.45) is 5.41 Å². The molecule has 1 saturated heterocycles. The van der Waals surface area contributed by atoms with Gasteiger partial charge >= 0.3 is 0 Å². The molecule has 1 atom stereocenters. The van der Waals surface area contributed by atoms with Gasteiger partial charge in [0.25, 0.3) is 0 Å². The Balaban J connectivity index is 2.12. The molecule has 1 heterocycles. The van der Waals surface area contributed by atoms with Crippen molar-refractivity contribution < 1.29 is 5.11 Å². The van der Waals surface area contributed by atoms with Crippen LogP contribution in [0.25, 0.3) is 0 Å². The highest BCUT2D eigenvalue weighted by Gasteiger charge is 2.50. The van der Waals surface area contributed by atoms with E-state index >= 15 is 0 Å². The first kappa shape index (κ1) is 16.8. The number of rotatable bonds is 3. The van der Waals surface area contributed by atoms with Crippen LogP contribution in [0.1, 0.15) is 77.6 Å². The molecule has 0 aromatic heterocycles. The van der Waals surface area contributed by atoms with Crippen LogP contribution < -0.4 is 0 Å². The molecule has 0 bridgehead atoms. The number of likely N-dealkylation sites (tertiary alicyclic amines) is 1. The van der Waals surface area contributed by atoms with Crippen LogP contribution in [-0.4, -0.2) is 35.2 Å². The van der Waals surface area contributed by atoms with E-state index in [9.17, 15) is 10.4 Å². The minimum atomic E-state index is -0.762. The molecule has 1 aliphatic heterocycles. The Hall–Kier alpha value is -0.590. The van der Waals surface area contributed by atoms with Gasteiger partial charge in [0, 0.05) is 6.54 Å². The summed E-state index contributed by atoms with van der Waals surface area (Å²) in [6.07, 6.45) is 11.5. The summed E-state index contributed by atoms with van der Waals surface area (Å²) in [6, 6.07) is 2.60. The zero-order chi connectivity index (χ0) is 15.2. The van der Waals surface area contributed by atoms with Gasteiger partial charge in [0.15, 0.2) is 0 Å². The molecule has 1 unspecified atom stereocenters. The van der Waals surface area contributed by atoms with Gasteiger partial charge in [0.05, 0.1) is 17.1 Å². The molecule has 2 rings (SSSR count). The maximum absolute atomic E-state index is 11.4. The van der Waals surface area contributed by atoms with E-state index in [2.05, 4.69) is 17.9 Å². The van der Waals surface area contributed by atoms with Gasteiger partial charge in [-0.15, -0.1) is 0 Å². The van der Waals surface area contributed by atoms with Crippen molar-refractivity contribution in [3.05, 3.63) is 0 Å². The third-order valence-corrected chi connectivity index (χ3v) is 5.76. The lowest BCUT2D eigenvalue weighted by Crippen LogP contribution is -2.48. The molecule has 120 valence electrons. The van der Waals surface area contributed by atoms with Gasteiger partial charge in [-0.25, -0.2) is 0 Å². The number of nitriles is 1. The van der Waals surface area contributed by atoms with Crippen molar-refractivity contribution in [2.45, 2.75) is 83.2 Å². The molecule has 2 fully saturated rings. The lowest BCUT2D eigenvalue weighted by molar-refractivity contribution is -0.0779. The normalized spacial score (nSPS) is 31.7. The maximum atomic E-state index is 11.4. The van der Waals surface area contributed by atoms with Gasteiger partial charge in [0.1, 0.15) is 0 Å². The molecule has 21 heavy (non-hydrogen) atoms. The second-order valence-electron chi connectivity index (χ2n) is 7.19. The molecular formula is C18H32N2O. The number of hydrogen-bond acceptors (Lipinski definition) is 3. The summed E-state index contributed by atoms with van der Waals surface area (Å²) in [4.78, 5) is 2.46. The molecule has 0 radical (unpaired) electrons. The first-order valence-electron chi connectivity index (χ1n) is 9.02. The molecule has 0 spiro atoms. The maximum Gasteiger partial charge on any atom is 0.0860 e. The van der Waals surface area contributed by atoms with Crippen LogP contribution >= 0.6 is 0 Å². The average molecular weight is 292 g/mol. The van der Waals surface area contributed by atoms with E-state index in [1.165, 1.54) is 25.7 Å². The second-order valence-corrected chi connectivity index (χ2v) is 7.19. The monoisotopic (exact) mass is 292 g/mol. The molecule has 1 aliphatic carbocycles. The third kappa shape index (κ3) is 3.79. The quantitative estimate of drug-likeness (QED) is 0.859. The fourth-order valence-corrected chi connectivity index (χ4v) is 4.38. The number of nitrogens with zero attached hydrogens (tertiary/aromatic N) is 2. The first-order chi connectivity index (χ1) is 10.2. The molecule has 1 N–H and O–H groups in total. The van der Waals surface area contributed by atoms with Crippen LogP contribution in [0, 0.1) is 16.7 Å².